The number of hydrogen-bond acceptors (Lipinski definition) is 1. The molecule has 0 heterocycles. The van der Waals surface area contributed by atoms with Crippen LogP contribution in [0.1, 0.15) is 85.5 Å². The van der Waals surface area contributed by atoms with Gasteiger partial charge in [-0.15, -0.1) is 0 Å². The van der Waals surface area contributed by atoms with E-state index in [2.05, 4.69) is 33.0 Å². The first kappa shape index (κ1) is 17.0. The molecule has 0 saturated carbocycles. The molecule has 0 spiro atoms. The minimum atomic E-state index is 0.595. The second-order valence-electron chi connectivity index (χ2n) is 5.59. The highest BCUT2D eigenvalue weighted by atomic mass is 14.9. The highest BCUT2D eigenvalue weighted by molar-refractivity contribution is 4.81. The molecule has 1 heteroatoms. The van der Waals surface area contributed by atoms with Crippen LogP contribution in [-0.2, 0) is 0 Å². The molecule has 0 amide bonds. The Kier molecular flexibility index (Phi) is 11.0. The van der Waals surface area contributed by atoms with Gasteiger partial charge in [-0.2, -0.15) is 0 Å². The maximum Gasteiger partial charge on any atom is 0.000769 e. The third-order valence-corrected chi connectivity index (χ3v) is 3.93. The number of rotatable bonds is 12. The molecule has 0 rings (SSSR count). The summed E-state index contributed by atoms with van der Waals surface area (Å²) < 4.78 is 0. The molecule has 0 fully saturated rings. The standard InChI is InChI=1S/C16H35N/c1-5-9-12-16(13-10-6-2,14-11-7-3)15-17-8-4/h17H,5-15H2,1-4H3. The molecule has 1 N–H and O–H groups in total. The minimum absolute atomic E-state index is 0.595. The molecule has 1 nitrogen and oxygen atoms in total. The van der Waals surface area contributed by atoms with Gasteiger partial charge in [-0.1, -0.05) is 66.2 Å². The summed E-state index contributed by atoms with van der Waals surface area (Å²) in [4.78, 5) is 0. The van der Waals surface area contributed by atoms with Gasteiger partial charge in [-0.05, 0) is 31.2 Å². The molecule has 0 aliphatic rings. The van der Waals surface area contributed by atoms with Gasteiger partial charge >= 0.3 is 0 Å². The molecule has 0 aliphatic heterocycles. The van der Waals surface area contributed by atoms with Crippen molar-refractivity contribution in [3.8, 4) is 0 Å². The molecule has 0 aromatic heterocycles. The van der Waals surface area contributed by atoms with E-state index in [1.54, 1.807) is 0 Å². The van der Waals surface area contributed by atoms with Crippen LogP contribution in [0.2, 0.25) is 0 Å². The first-order chi connectivity index (χ1) is 8.24. The van der Waals surface area contributed by atoms with Crippen LogP contribution in [0, 0.1) is 5.41 Å². The minimum Gasteiger partial charge on any atom is -0.316 e. The summed E-state index contributed by atoms with van der Waals surface area (Å²) in [5.74, 6) is 0. The molecule has 0 aliphatic carbocycles. The maximum atomic E-state index is 3.62. The third kappa shape index (κ3) is 7.81. The molecule has 0 unspecified atom stereocenters. The van der Waals surface area contributed by atoms with Crippen LogP contribution < -0.4 is 5.32 Å². The highest BCUT2D eigenvalue weighted by Gasteiger charge is 2.27. The van der Waals surface area contributed by atoms with E-state index in [0.29, 0.717) is 5.41 Å². The fourth-order valence-corrected chi connectivity index (χ4v) is 2.69. The number of unbranched alkanes of at least 4 members (excludes halogenated alkanes) is 3. The van der Waals surface area contributed by atoms with Crippen LogP contribution in [0.4, 0.5) is 0 Å². The third-order valence-electron chi connectivity index (χ3n) is 3.93. The van der Waals surface area contributed by atoms with Crippen LogP contribution in [0.25, 0.3) is 0 Å². The van der Waals surface area contributed by atoms with Crippen molar-refractivity contribution >= 4 is 0 Å². The predicted octanol–water partition coefficient (Wildman–Crippen LogP) is 5.15. The van der Waals surface area contributed by atoms with Gasteiger partial charge in [0.05, 0.1) is 0 Å². The van der Waals surface area contributed by atoms with Crippen molar-refractivity contribution in [3.05, 3.63) is 0 Å². The normalized spacial score (nSPS) is 12.0. The molecule has 0 saturated heterocycles. The van der Waals surface area contributed by atoms with Gasteiger partial charge in [0.1, 0.15) is 0 Å². The Labute approximate surface area is 110 Å². The van der Waals surface area contributed by atoms with Crippen LogP contribution in [0.15, 0.2) is 0 Å². The first-order valence-electron chi connectivity index (χ1n) is 7.95. The zero-order valence-electron chi connectivity index (χ0n) is 12.8. The van der Waals surface area contributed by atoms with Crippen molar-refractivity contribution in [2.75, 3.05) is 13.1 Å². The zero-order chi connectivity index (χ0) is 13.0. The predicted molar refractivity (Wildman–Crippen MR) is 79.6 cm³/mol. The monoisotopic (exact) mass is 241 g/mol. The summed E-state index contributed by atoms with van der Waals surface area (Å²) in [7, 11) is 0. The highest BCUT2D eigenvalue weighted by Crippen LogP contribution is 2.36. The Bertz CT molecular complexity index is 116. The second kappa shape index (κ2) is 11.1. The Hall–Kier alpha value is -0.0400. The fraction of sp³-hybridized carbons (Fsp3) is 1.00. The summed E-state index contributed by atoms with van der Waals surface area (Å²) >= 11 is 0. The lowest BCUT2D eigenvalue weighted by atomic mass is 9.74. The van der Waals surface area contributed by atoms with Crippen LogP contribution >= 0.6 is 0 Å². The van der Waals surface area contributed by atoms with Gasteiger partial charge in [0.15, 0.2) is 0 Å². The molecule has 0 bridgehead atoms. The number of nitrogens with one attached hydrogen (secondary N) is 1. The van der Waals surface area contributed by atoms with Crippen LogP contribution in [0.3, 0.4) is 0 Å². The van der Waals surface area contributed by atoms with Gasteiger partial charge in [0.2, 0.25) is 0 Å². The van der Waals surface area contributed by atoms with E-state index in [-0.39, 0.29) is 0 Å². The van der Waals surface area contributed by atoms with E-state index in [1.807, 2.05) is 0 Å². The molecule has 0 aromatic rings. The van der Waals surface area contributed by atoms with E-state index in [1.165, 1.54) is 64.3 Å². The van der Waals surface area contributed by atoms with Crippen molar-refractivity contribution in [3.63, 3.8) is 0 Å². The topological polar surface area (TPSA) is 12.0 Å². The molecule has 0 atom stereocenters. The van der Waals surface area contributed by atoms with Gasteiger partial charge in [0, 0.05) is 6.54 Å². The van der Waals surface area contributed by atoms with Gasteiger partial charge in [-0.25, -0.2) is 0 Å². The largest absolute Gasteiger partial charge is 0.316 e. The molecular formula is C16H35N. The van der Waals surface area contributed by atoms with E-state index in [4.69, 9.17) is 0 Å². The zero-order valence-corrected chi connectivity index (χ0v) is 12.8. The average molecular weight is 241 g/mol. The van der Waals surface area contributed by atoms with Crippen LogP contribution in [-0.4, -0.2) is 13.1 Å². The lowest BCUT2D eigenvalue weighted by molar-refractivity contribution is 0.193. The SMILES string of the molecule is CCCCC(CCCC)(CCCC)CNCC. The van der Waals surface area contributed by atoms with E-state index >= 15 is 0 Å². The van der Waals surface area contributed by atoms with Gasteiger partial charge in [0.25, 0.3) is 0 Å². The van der Waals surface area contributed by atoms with Crippen molar-refractivity contribution in [1.82, 2.24) is 5.32 Å². The second-order valence-corrected chi connectivity index (χ2v) is 5.59. The quantitative estimate of drug-likeness (QED) is 0.498. The van der Waals surface area contributed by atoms with Crippen molar-refractivity contribution < 1.29 is 0 Å². The average Bonchev–Trinajstić information content (AvgIpc) is 2.37. The Balaban J connectivity index is 4.39. The molecular weight excluding hydrogens is 206 g/mol. The Morgan fingerprint density at radius 3 is 1.41 bits per heavy atom. The van der Waals surface area contributed by atoms with E-state index < -0.39 is 0 Å². The Morgan fingerprint density at radius 2 is 1.12 bits per heavy atom. The molecule has 0 radical (unpaired) electrons. The van der Waals surface area contributed by atoms with E-state index in [9.17, 15) is 0 Å². The molecule has 17 heavy (non-hydrogen) atoms. The van der Waals surface area contributed by atoms with Crippen molar-refractivity contribution in [2.45, 2.75) is 85.5 Å². The van der Waals surface area contributed by atoms with E-state index in [0.717, 1.165) is 6.54 Å². The van der Waals surface area contributed by atoms with Crippen molar-refractivity contribution in [2.24, 2.45) is 5.41 Å². The van der Waals surface area contributed by atoms with Crippen molar-refractivity contribution in [1.29, 1.82) is 0 Å². The van der Waals surface area contributed by atoms with Gasteiger partial charge < -0.3 is 5.32 Å². The summed E-state index contributed by atoms with van der Waals surface area (Å²) in [5.41, 5.74) is 0.595. The Morgan fingerprint density at radius 1 is 0.706 bits per heavy atom. The summed E-state index contributed by atoms with van der Waals surface area (Å²) in [6, 6.07) is 0. The lowest BCUT2D eigenvalue weighted by Gasteiger charge is -2.34. The smallest absolute Gasteiger partial charge is 0.000769 e. The van der Waals surface area contributed by atoms with Crippen LogP contribution in [0.5, 0.6) is 0 Å². The maximum absolute atomic E-state index is 3.62. The summed E-state index contributed by atoms with van der Waals surface area (Å²) in [6.07, 6.45) is 12.5. The van der Waals surface area contributed by atoms with Gasteiger partial charge in [-0.3, -0.25) is 0 Å². The lowest BCUT2D eigenvalue weighted by Crippen LogP contribution is -2.34. The molecule has 104 valence electrons. The molecule has 0 aromatic carbocycles. The number of hydrogen-bond donors (Lipinski definition) is 1. The summed E-state index contributed by atoms with van der Waals surface area (Å²) in [6.45, 7) is 11.5. The summed E-state index contributed by atoms with van der Waals surface area (Å²) in [5, 5.41) is 3.62. The fourth-order valence-electron chi connectivity index (χ4n) is 2.69. The first-order valence-corrected chi connectivity index (χ1v) is 7.95.